The Balaban J connectivity index is 1.48. The maximum atomic E-state index is 6.37. The highest BCUT2D eigenvalue weighted by Crippen LogP contribution is 2.37. The van der Waals surface area contributed by atoms with Gasteiger partial charge in [-0.3, -0.25) is 4.57 Å². The van der Waals surface area contributed by atoms with E-state index in [0.717, 1.165) is 56.5 Å². The normalized spacial score (nSPS) is 11.3. The molecule has 6 heteroatoms. The van der Waals surface area contributed by atoms with Crippen LogP contribution in [0.25, 0.3) is 33.3 Å². The van der Waals surface area contributed by atoms with E-state index in [2.05, 4.69) is 70.0 Å². The lowest BCUT2D eigenvalue weighted by Crippen LogP contribution is -2.13. The number of aryl methyl sites for hydroxylation is 2. The van der Waals surface area contributed by atoms with Gasteiger partial charge >= 0.3 is 0 Å². The minimum atomic E-state index is 0.758. The number of fused-ring (bicyclic) bond motifs is 3. The van der Waals surface area contributed by atoms with Crippen molar-refractivity contribution in [2.24, 2.45) is 0 Å². The number of para-hydroxylation sites is 1. The number of benzene rings is 3. The average Bonchev–Trinajstić information content (AvgIpc) is 3.39. The number of ether oxygens (including phenoxy) is 1. The minimum Gasteiger partial charge on any atom is -0.457 e. The molecule has 6 rings (SSSR count). The molecule has 0 amide bonds. The van der Waals surface area contributed by atoms with Crippen molar-refractivity contribution in [1.29, 1.82) is 0 Å². The van der Waals surface area contributed by atoms with Gasteiger partial charge in [-0.2, -0.15) is 5.10 Å². The van der Waals surface area contributed by atoms with E-state index in [4.69, 9.17) is 9.72 Å². The van der Waals surface area contributed by atoms with E-state index in [1.165, 1.54) is 5.39 Å². The highest BCUT2D eigenvalue weighted by atomic mass is 16.5. The molecule has 0 N–H and O–H groups in total. The van der Waals surface area contributed by atoms with Crippen LogP contribution in [-0.4, -0.2) is 33.4 Å². The molecule has 0 aliphatic heterocycles. The summed E-state index contributed by atoms with van der Waals surface area (Å²) in [7, 11) is 4.08. The molecule has 3 aromatic carbocycles. The Morgan fingerprint density at radius 1 is 0.750 bits per heavy atom. The van der Waals surface area contributed by atoms with Crippen LogP contribution in [0.2, 0.25) is 0 Å². The van der Waals surface area contributed by atoms with Gasteiger partial charge in [0, 0.05) is 48.9 Å². The summed E-state index contributed by atoms with van der Waals surface area (Å²) in [5.41, 5.74) is 6.25. The first kappa shape index (κ1) is 21.9. The predicted molar refractivity (Wildman–Crippen MR) is 146 cm³/mol. The van der Waals surface area contributed by atoms with Crippen molar-refractivity contribution in [3.63, 3.8) is 0 Å². The van der Waals surface area contributed by atoms with Gasteiger partial charge in [0.1, 0.15) is 11.5 Å². The smallest absolute Gasteiger partial charge is 0.161 e. The number of aromatic nitrogens is 4. The van der Waals surface area contributed by atoms with Gasteiger partial charge in [0.25, 0.3) is 0 Å². The lowest BCUT2D eigenvalue weighted by Gasteiger charge is -2.18. The van der Waals surface area contributed by atoms with Crippen LogP contribution in [-0.2, 0) is 0 Å². The third kappa shape index (κ3) is 3.67. The van der Waals surface area contributed by atoms with Gasteiger partial charge in [-0.1, -0.05) is 24.3 Å². The fraction of sp³-hybridized carbons (Fsp3) is 0.133. The summed E-state index contributed by atoms with van der Waals surface area (Å²) in [6.07, 6.45) is 1.84. The van der Waals surface area contributed by atoms with Crippen molar-refractivity contribution in [1.82, 2.24) is 19.3 Å². The molecule has 3 heterocycles. The Morgan fingerprint density at radius 2 is 1.56 bits per heavy atom. The summed E-state index contributed by atoms with van der Waals surface area (Å²) < 4.78 is 10.5. The summed E-state index contributed by atoms with van der Waals surface area (Å²) >= 11 is 0. The third-order valence-corrected chi connectivity index (χ3v) is 6.41. The molecule has 178 valence electrons. The van der Waals surface area contributed by atoms with Gasteiger partial charge in [-0.25, -0.2) is 9.67 Å². The van der Waals surface area contributed by atoms with E-state index in [9.17, 15) is 0 Å². The fourth-order valence-corrected chi connectivity index (χ4v) is 4.86. The van der Waals surface area contributed by atoms with Crippen LogP contribution in [0.4, 0.5) is 5.69 Å². The maximum absolute atomic E-state index is 6.37. The molecule has 0 atom stereocenters. The summed E-state index contributed by atoms with van der Waals surface area (Å²) in [4.78, 5) is 6.87. The molecule has 3 aromatic heterocycles. The molecular formula is C30H27N5O. The zero-order valence-electron chi connectivity index (χ0n) is 20.8. The second kappa shape index (κ2) is 8.57. The fourth-order valence-electron chi connectivity index (χ4n) is 4.86. The number of nitrogens with zero attached hydrogens (tertiary/aromatic N) is 5. The number of hydrogen-bond donors (Lipinski definition) is 0. The van der Waals surface area contributed by atoms with Crippen molar-refractivity contribution in [3.05, 3.63) is 103 Å². The van der Waals surface area contributed by atoms with Gasteiger partial charge < -0.3 is 9.64 Å². The van der Waals surface area contributed by atoms with Crippen molar-refractivity contribution < 1.29 is 4.74 Å². The molecule has 6 aromatic rings. The number of anilines is 1. The zero-order chi connectivity index (χ0) is 24.8. The van der Waals surface area contributed by atoms with Gasteiger partial charge in [-0.15, -0.1) is 0 Å². The van der Waals surface area contributed by atoms with Crippen LogP contribution in [0.3, 0.4) is 0 Å². The van der Waals surface area contributed by atoms with Crippen molar-refractivity contribution in [2.75, 3.05) is 19.0 Å². The standard InChI is InChI=1S/C30H27N5O/c1-20-17-21(2)35(32-20)22-9-7-10-23(18-22)36-24-14-15-26-25-11-5-6-12-27(25)34(29(26)19-24)30-28(33(3)4)13-8-16-31-30/h5-19H,1-4H3. The minimum absolute atomic E-state index is 0.758. The first-order chi connectivity index (χ1) is 17.5. The van der Waals surface area contributed by atoms with E-state index < -0.39 is 0 Å². The van der Waals surface area contributed by atoms with Crippen LogP contribution < -0.4 is 9.64 Å². The maximum Gasteiger partial charge on any atom is 0.161 e. The van der Waals surface area contributed by atoms with Gasteiger partial charge in [0.2, 0.25) is 0 Å². The molecule has 0 aliphatic carbocycles. The highest BCUT2D eigenvalue weighted by Gasteiger charge is 2.17. The largest absolute Gasteiger partial charge is 0.457 e. The second-order valence-corrected chi connectivity index (χ2v) is 9.21. The summed E-state index contributed by atoms with van der Waals surface area (Å²) in [5, 5.41) is 6.95. The number of hydrogen-bond acceptors (Lipinski definition) is 4. The molecular weight excluding hydrogens is 446 g/mol. The molecule has 0 unspecified atom stereocenters. The van der Waals surface area contributed by atoms with E-state index in [0.29, 0.717) is 0 Å². The third-order valence-electron chi connectivity index (χ3n) is 6.41. The van der Waals surface area contributed by atoms with E-state index in [-0.39, 0.29) is 0 Å². The van der Waals surface area contributed by atoms with Crippen LogP contribution in [0.1, 0.15) is 11.4 Å². The quantitative estimate of drug-likeness (QED) is 0.275. The van der Waals surface area contributed by atoms with E-state index >= 15 is 0 Å². The second-order valence-electron chi connectivity index (χ2n) is 9.21. The van der Waals surface area contributed by atoms with Gasteiger partial charge in [0.05, 0.1) is 28.1 Å². The van der Waals surface area contributed by atoms with Crippen molar-refractivity contribution in [2.45, 2.75) is 13.8 Å². The zero-order valence-corrected chi connectivity index (χ0v) is 20.8. The molecule has 0 spiro atoms. The number of rotatable bonds is 5. The molecule has 0 aliphatic rings. The Labute approximate surface area is 210 Å². The molecule has 36 heavy (non-hydrogen) atoms. The van der Waals surface area contributed by atoms with E-state index in [1.54, 1.807) is 0 Å². The lowest BCUT2D eigenvalue weighted by molar-refractivity contribution is 0.483. The Kier molecular flexibility index (Phi) is 5.22. The molecule has 0 radical (unpaired) electrons. The van der Waals surface area contributed by atoms with Crippen LogP contribution in [0.15, 0.2) is 91.1 Å². The Morgan fingerprint density at radius 3 is 2.36 bits per heavy atom. The van der Waals surface area contributed by atoms with Crippen LogP contribution in [0.5, 0.6) is 11.5 Å². The monoisotopic (exact) mass is 473 g/mol. The molecule has 0 saturated carbocycles. The molecule has 0 bridgehead atoms. The van der Waals surface area contributed by atoms with Crippen LogP contribution >= 0.6 is 0 Å². The van der Waals surface area contributed by atoms with Gasteiger partial charge in [-0.05, 0) is 62.4 Å². The molecule has 6 nitrogen and oxygen atoms in total. The molecule has 0 saturated heterocycles. The van der Waals surface area contributed by atoms with Crippen molar-refractivity contribution in [3.8, 4) is 23.0 Å². The highest BCUT2D eigenvalue weighted by molar-refractivity contribution is 6.09. The summed E-state index contributed by atoms with van der Waals surface area (Å²) in [6.45, 7) is 4.06. The van der Waals surface area contributed by atoms with Gasteiger partial charge in [0.15, 0.2) is 5.82 Å². The number of pyridine rings is 1. The average molecular weight is 474 g/mol. The summed E-state index contributed by atoms with van der Waals surface area (Å²) in [6, 6.07) is 28.8. The Bertz CT molecular complexity index is 1730. The Hall–Kier alpha value is -4.58. The molecule has 0 fully saturated rings. The van der Waals surface area contributed by atoms with Crippen LogP contribution in [0, 0.1) is 13.8 Å². The first-order valence-corrected chi connectivity index (χ1v) is 12.0. The van der Waals surface area contributed by atoms with Crippen molar-refractivity contribution >= 4 is 27.5 Å². The topological polar surface area (TPSA) is 48.1 Å². The first-order valence-electron chi connectivity index (χ1n) is 12.0. The van der Waals surface area contributed by atoms with E-state index in [1.807, 2.05) is 68.3 Å². The summed E-state index contributed by atoms with van der Waals surface area (Å²) in [5.74, 6) is 2.41. The lowest BCUT2D eigenvalue weighted by atomic mass is 10.1. The predicted octanol–water partition coefficient (Wildman–Crippen LogP) is 6.84. The SMILES string of the molecule is Cc1cc(C)n(-c2cccc(Oc3ccc4c5ccccc5n(-c5ncccc5N(C)C)c4c3)c2)n1.